The standard InChI is InChI=1S/C54H44N2/c1-5-17-41(18-6-1)48-23-11-13-25-51(48)55(47-34-30-44(31-35-47)54(37-15-4-16-38-54)43-19-7-2-8-20-43)46-32-27-40(28-33-46)42-29-36-53-50(39-42)49-24-12-14-26-52(49)56(53)45-21-9-3-10-22-45/h1-3,5-14,17-36,39H,4,15-16,37-38H2. The van der Waals surface area contributed by atoms with Gasteiger partial charge in [-0.15, -0.1) is 0 Å². The predicted octanol–water partition coefficient (Wildman–Crippen LogP) is 14.8. The lowest BCUT2D eigenvalue weighted by Crippen LogP contribution is -2.30. The molecule has 1 heterocycles. The van der Waals surface area contributed by atoms with Crippen LogP contribution in [0.5, 0.6) is 0 Å². The molecule has 1 saturated carbocycles. The van der Waals surface area contributed by atoms with E-state index in [1.165, 1.54) is 93.0 Å². The molecule has 8 aromatic carbocycles. The highest BCUT2D eigenvalue weighted by Gasteiger charge is 2.35. The molecular weight excluding hydrogens is 677 g/mol. The number of aromatic nitrogens is 1. The Balaban J connectivity index is 1.07. The summed E-state index contributed by atoms with van der Waals surface area (Å²) in [6.45, 7) is 0. The maximum atomic E-state index is 2.43. The molecule has 1 fully saturated rings. The van der Waals surface area contributed by atoms with Crippen LogP contribution in [0.4, 0.5) is 17.1 Å². The number of nitrogens with zero attached hydrogens (tertiary/aromatic N) is 2. The summed E-state index contributed by atoms with van der Waals surface area (Å²) < 4.78 is 2.38. The van der Waals surface area contributed by atoms with Crippen LogP contribution in [-0.4, -0.2) is 4.57 Å². The van der Waals surface area contributed by atoms with Gasteiger partial charge in [0.2, 0.25) is 0 Å². The van der Waals surface area contributed by atoms with E-state index in [4.69, 9.17) is 0 Å². The monoisotopic (exact) mass is 720 g/mol. The molecule has 0 unspecified atom stereocenters. The van der Waals surface area contributed by atoms with Gasteiger partial charge in [-0.05, 0) is 101 Å². The lowest BCUT2D eigenvalue weighted by Gasteiger charge is -2.39. The largest absolute Gasteiger partial charge is 0.310 e. The fraction of sp³-hybridized carbons (Fsp3) is 0.111. The van der Waals surface area contributed by atoms with E-state index in [0.717, 1.165) is 17.1 Å². The fourth-order valence-corrected chi connectivity index (χ4v) is 9.35. The minimum Gasteiger partial charge on any atom is -0.310 e. The highest BCUT2D eigenvalue weighted by Crippen LogP contribution is 2.47. The van der Waals surface area contributed by atoms with Crippen LogP contribution in [0, 0.1) is 0 Å². The van der Waals surface area contributed by atoms with Crippen molar-refractivity contribution in [2.75, 3.05) is 4.90 Å². The Labute approximate surface area is 330 Å². The van der Waals surface area contributed by atoms with Crippen LogP contribution in [-0.2, 0) is 5.41 Å². The van der Waals surface area contributed by atoms with Gasteiger partial charge < -0.3 is 9.47 Å². The van der Waals surface area contributed by atoms with Gasteiger partial charge in [0.1, 0.15) is 0 Å². The maximum Gasteiger partial charge on any atom is 0.0541 e. The Kier molecular flexibility index (Phi) is 8.80. The predicted molar refractivity (Wildman–Crippen MR) is 237 cm³/mol. The first-order chi connectivity index (χ1) is 27.8. The average molecular weight is 721 g/mol. The van der Waals surface area contributed by atoms with Crippen LogP contribution in [0.1, 0.15) is 43.2 Å². The number of hydrogen-bond acceptors (Lipinski definition) is 1. The summed E-state index contributed by atoms with van der Waals surface area (Å²) in [5.41, 5.74) is 14.8. The third-order valence-electron chi connectivity index (χ3n) is 12.1. The summed E-state index contributed by atoms with van der Waals surface area (Å²) in [5.74, 6) is 0. The summed E-state index contributed by atoms with van der Waals surface area (Å²) in [4.78, 5) is 2.43. The molecule has 1 aliphatic carbocycles. The second-order valence-electron chi connectivity index (χ2n) is 15.2. The van der Waals surface area contributed by atoms with E-state index in [2.05, 4.69) is 216 Å². The van der Waals surface area contributed by atoms with Crippen LogP contribution < -0.4 is 4.90 Å². The molecule has 0 radical (unpaired) electrons. The zero-order chi connectivity index (χ0) is 37.3. The van der Waals surface area contributed by atoms with Gasteiger partial charge in [0, 0.05) is 38.8 Å². The van der Waals surface area contributed by atoms with Crippen molar-refractivity contribution in [3.8, 4) is 27.9 Å². The normalized spacial score (nSPS) is 13.9. The number of rotatable bonds is 8. The van der Waals surface area contributed by atoms with E-state index in [1.54, 1.807) is 0 Å². The second kappa shape index (κ2) is 14.5. The van der Waals surface area contributed by atoms with E-state index >= 15 is 0 Å². The van der Waals surface area contributed by atoms with Crippen molar-refractivity contribution in [2.45, 2.75) is 37.5 Å². The molecule has 0 saturated heterocycles. The first-order valence-electron chi connectivity index (χ1n) is 20.1. The molecule has 0 bridgehead atoms. The van der Waals surface area contributed by atoms with Crippen molar-refractivity contribution in [3.05, 3.63) is 217 Å². The van der Waals surface area contributed by atoms with Gasteiger partial charge >= 0.3 is 0 Å². The molecule has 10 rings (SSSR count). The Bertz CT molecular complexity index is 2740. The Morgan fingerprint density at radius 3 is 1.68 bits per heavy atom. The molecule has 9 aromatic rings. The number of fused-ring (bicyclic) bond motifs is 3. The zero-order valence-electron chi connectivity index (χ0n) is 31.6. The lowest BCUT2D eigenvalue weighted by molar-refractivity contribution is 0.346. The molecule has 0 amide bonds. The van der Waals surface area contributed by atoms with Crippen LogP contribution in [0.2, 0.25) is 0 Å². The van der Waals surface area contributed by atoms with Gasteiger partial charge in [-0.1, -0.05) is 165 Å². The van der Waals surface area contributed by atoms with Crippen LogP contribution in [0.15, 0.2) is 206 Å². The molecule has 1 aromatic heterocycles. The maximum absolute atomic E-state index is 2.43. The van der Waals surface area contributed by atoms with Gasteiger partial charge in [-0.2, -0.15) is 0 Å². The molecule has 2 heteroatoms. The minimum atomic E-state index is 0.0565. The number of para-hydroxylation sites is 3. The van der Waals surface area contributed by atoms with Crippen LogP contribution in [0.3, 0.4) is 0 Å². The molecule has 56 heavy (non-hydrogen) atoms. The average Bonchev–Trinajstić information content (AvgIpc) is 3.62. The van der Waals surface area contributed by atoms with Crippen LogP contribution in [0.25, 0.3) is 49.7 Å². The van der Waals surface area contributed by atoms with Crippen molar-refractivity contribution < 1.29 is 0 Å². The van der Waals surface area contributed by atoms with Gasteiger partial charge in [-0.3, -0.25) is 0 Å². The van der Waals surface area contributed by atoms with E-state index in [0.29, 0.717) is 0 Å². The SMILES string of the molecule is c1ccc(-c2ccccc2N(c2ccc(-c3ccc4c(c3)c3ccccc3n4-c3ccccc3)cc2)c2ccc(C3(c4ccccc4)CCCCC3)cc2)cc1. The van der Waals surface area contributed by atoms with Crippen molar-refractivity contribution >= 4 is 38.9 Å². The van der Waals surface area contributed by atoms with Crippen molar-refractivity contribution in [2.24, 2.45) is 0 Å². The second-order valence-corrected chi connectivity index (χ2v) is 15.2. The van der Waals surface area contributed by atoms with Gasteiger partial charge in [0.05, 0.1) is 16.7 Å². The van der Waals surface area contributed by atoms with Gasteiger partial charge in [0.15, 0.2) is 0 Å². The fourth-order valence-electron chi connectivity index (χ4n) is 9.35. The quantitative estimate of drug-likeness (QED) is 0.152. The summed E-state index contributed by atoms with van der Waals surface area (Å²) in [5, 5.41) is 2.52. The van der Waals surface area contributed by atoms with E-state index in [1.807, 2.05) is 0 Å². The van der Waals surface area contributed by atoms with E-state index in [9.17, 15) is 0 Å². The third-order valence-corrected chi connectivity index (χ3v) is 12.1. The highest BCUT2D eigenvalue weighted by atomic mass is 15.1. The highest BCUT2D eigenvalue weighted by molar-refractivity contribution is 6.10. The Morgan fingerprint density at radius 1 is 0.393 bits per heavy atom. The van der Waals surface area contributed by atoms with Crippen molar-refractivity contribution in [3.63, 3.8) is 0 Å². The molecule has 0 N–H and O–H groups in total. The molecule has 0 atom stereocenters. The Hall–Kier alpha value is -6.64. The topological polar surface area (TPSA) is 8.17 Å². The van der Waals surface area contributed by atoms with E-state index < -0.39 is 0 Å². The third kappa shape index (κ3) is 5.99. The number of anilines is 3. The van der Waals surface area contributed by atoms with Crippen molar-refractivity contribution in [1.82, 2.24) is 4.57 Å². The van der Waals surface area contributed by atoms with Gasteiger partial charge in [-0.25, -0.2) is 0 Å². The minimum absolute atomic E-state index is 0.0565. The van der Waals surface area contributed by atoms with E-state index in [-0.39, 0.29) is 5.41 Å². The lowest BCUT2D eigenvalue weighted by atomic mass is 9.65. The smallest absolute Gasteiger partial charge is 0.0541 e. The molecule has 1 aliphatic rings. The molecule has 2 nitrogen and oxygen atoms in total. The molecule has 270 valence electrons. The first kappa shape index (κ1) is 33.9. The van der Waals surface area contributed by atoms with Gasteiger partial charge in [0.25, 0.3) is 0 Å². The number of benzene rings is 8. The summed E-state index contributed by atoms with van der Waals surface area (Å²) in [6.07, 6.45) is 6.23. The first-order valence-corrected chi connectivity index (χ1v) is 20.1. The summed E-state index contributed by atoms with van der Waals surface area (Å²) >= 11 is 0. The summed E-state index contributed by atoms with van der Waals surface area (Å²) in [7, 11) is 0. The molecular formula is C54H44N2. The van der Waals surface area contributed by atoms with Crippen LogP contribution >= 0.6 is 0 Å². The molecule has 0 spiro atoms. The molecule has 0 aliphatic heterocycles. The number of hydrogen-bond donors (Lipinski definition) is 0. The van der Waals surface area contributed by atoms with Crippen molar-refractivity contribution in [1.29, 1.82) is 0 Å². The zero-order valence-corrected chi connectivity index (χ0v) is 31.6. The Morgan fingerprint density at radius 2 is 0.946 bits per heavy atom. The summed E-state index contributed by atoms with van der Waals surface area (Å²) in [6, 6.07) is 75.7.